The third-order valence-corrected chi connectivity index (χ3v) is 4.13. The van der Waals surface area contributed by atoms with Crippen LogP contribution in [0.3, 0.4) is 0 Å². The molecule has 3 aromatic heterocycles. The van der Waals surface area contributed by atoms with Gasteiger partial charge in [-0.3, -0.25) is 14.5 Å². The van der Waals surface area contributed by atoms with E-state index in [1.165, 1.54) is 12.0 Å². The molecule has 0 unspecified atom stereocenters. The number of anilines is 1. The second-order valence-electron chi connectivity index (χ2n) is 5.97. The van der Waals surface area contributed by atoms with Crippen molar-refractivity contribution in [3.63, 3.8) is 0 Å². The van der Waals surface area contributed by atoms with Crippen molar-refractivity contribution >= 4 is 11.7 Å². The second kappa shape index (κ2) is 7.65. The number of rotatable bonds is 6. The number of carbonyl (C=O) groups excluding carboxylic acids is 1. The van der Waals surface area contributed by atoms with Crippen molar-refractivity contribution in [3.05, 3.63) is 84.8 Å². The molecule has 7 nitrogen and oxygen atoms in total. The molecule has 4 aromatic rings. The van der Waals surface area contributed by atoms with Crippen molar-refractivity contribution < 1.29 is 9.21 Å². The van der Waals surface area contributed by atoms with Gasteiger partial charge in [-0.15, -0.1) is 0 Å². The summed E-state index contributed by atoms with van der Waals surface area (Å²) in [7, 11) is 0. The van der Waals surface area contributed by atoms with Gasteiger partial charge < -0.3 is 9.73 Å². The summed E-state index contributed by atoms with van der Waals surface area (Å²) >= 11 is 0. The maximum Gasteiger partial charge on any atom is 0.256 e. The van der Waals surface area contributed by atoms with Crippen LogP contribution in [-0.4, -0.2) is 25.7 Å². The number of carbonyl (C=O) groups is 1. The summed E-state index contributed by atoms with van der Waals surface area (Å²) in [6.45, 7) is 0.728. The van der Waals surface area contributed by atoms with E-state index in [2.05, 4.69) is 20.4 Å². The highest BCUT2D eigenvalue weighted by molar-refractivity contribution is 6.03. The number of benzene rings is 1. The predicted octanol–water partition coefficient (Wildman–Crippen LogP) is 3.43. The highest BCUT2D eigenvalue weighted by atomic mass is 16.3. The Labute approximate surface area is 155 Å². The molecule has 134 valence electrons. The van der Waals surface area contributed by atoms with E-state index in [1.54, 1.807) is 36.8 Å². The van der Waals surface area contributed by atoms with E-state index in [4.69, 9.17) is 4.42 Å². The van der Waals surface area contributed by atoms with Crippen LogP contribution in [0.25, 0.3) is 11.3 Å². The Bertz CT molecular complexity index is 1010. The molecule has 3 heterocycles. The highest BCUT2D eigenvalue weighted by Gasteiger charge is 2.09. The van der Waals surface area contributed by atoms with Crippen LogP contribution < -0.4 is 5.32 Å². The van der Waals surface area contributed by atoms with Crippen molar-refractivity contribution in [1.82, 2.24) is 19.7 Å². The minimum absolute atomic E-state index is 0.210. The van der Waals surface area contributed by atoms with Gasteiger partial charge in [0, 0.05) is 42.3 Å². The zero-order valence-electron chi connectivity index (χ0n) is 14.4. The van der Waals surface area contributed by atoms with Gasteiger partial charge in [-0.2, -0.15) is 5.10 Å². The summed E-state index contributed by atoms with van der Waals surface area (Å²) < 4.78 is 7.05. The van der Waals surface area contributed by atoms with Crippen molar-refractivity contribution in [2.45, 2.75) is 13.0 Å². The third-order valence-electron chi connectivity index (χ3n) is 4.13. The number of oxazole rings is 1. The van der Waals surface area contributed by atoms with Gasteiger partial charge in [-0.25, -0.2) is 4.98 Å². The lowest BCUT2D eigenvalue weighted by molar-refractivity contribution is 0.102. The van der Waals surface area contributed by atoms with Crippen LogP contribution in [0, 0.1) is 0 Å². The lowest BCUT2D eigenvalue weighted by atomic mass is 10.1. The molecule has 27 heavy (non-hydrogen) atoms. The fraction of sp³-hybridized carbons (Fsp3) is 0.100. The van der Waals surface area contributed by atoms with E-state index >= 15 is 0 Å². The second-order valence-corrected chi connectivity index (χ2v) is 5.97. The SMILES string of the molecule is O=C(Nc1ccn(CCc2ccncc2)n1)c1ccc(-c2cnco2)cc1. The molecular weight excluding hydrogens is 342 g/mol. The molecule has 1 N–H and O–H groups in total. The molecule has 1 aromatic carbocycles. The number of aryl methyl sites for hydroxylation is 2. The largest absolute Gasteiger partial charge is 0.444 e. The normalized spacial score (nSPS) is 10.7. The Morgan fingerprint density at radius 1 is 1.04 bits per heavy atom. The van der Waals surface area contributed by atoms with Gasteiger partial charge in [0.2, 0.25) is 0 Å². The maximum atomic E-state index is 12.4. The average molecular weight is 359 g/mol. The number of pyridine rings is 1. The zero-order chi connectivity index (χ0) is 18.5. The van der Waals surface area contributed by atoms with Crippen LogP contribution in [0.2, 0.25) is 0 Å². The maximum absolute atomic E-state index is 12.4. The van der Waals surface area contributed by atoms with E-state index in [9.17, 15) is 4.79 Å². The standard InChI is InChI=1S/C20H17N5O2/c26-20(17-3-1-16(2-4-17)18-13-22-14-27-18)23-19-8-12-25(24-19)11-7-15-5-9-21-10-6-15/h1-6,8-10,12-14H,7,11H2,(H,23,24,26). The number of nitrogens with one attached hydrogen (secondary N) is 1. The van der Waals surface area contributed by atoms with Crippen molar-refractivity contribution in [1.29, 1.82) is 0 Å². The fourth-order valence-corrected chi connectivity index (χ4v) is 2.68. The van der Waals surface area contributed by atoms with Gasteiger partial charge in [0.25, 0.3) is 5.91 Å². The predicted molar refractivity (Wildman–Crippen MR) is 100 cm³/mol. The molecule has 0 atom stereocenters. The first-order valence-corrected chi connectivity index (χ1v) is 8.50. The van der Waals surface area contributed by atoms with E-state index in [1.807, 2.05) is 35.1 Å². The molecule has 0 spiro atoms. The van der Waals surface area contributed by atoms with Crippen LogP contribution in [-0.2, 0) is 13.0 Å². The Morgan fingerprint density at radius 2 is 1.85 bits per heavy atom. The first-order chi connectivity index (χ1) is 13.3. The van der Waals surface area contributed by atoms with Crippen molar-refractivity contribution in [2.75, 3.05) is 5.32 Å². The minimum atomic E-state index is -0.210. The Hall–Kier alpha value is -3.74. The molecule has 0 fully saturated rings. The summed E-state index contributed by atoms with van der Waals surface area (Å²) in [6.07, 6.45) is 9.26. The van der Waals surface area contributed by atoms with Crippen LogP contribution in [0.4, 0.5) is 5.82 Å². The number of hydrogen-bond acceptors (Lipinski definition) is 5. The van der Waals surface area contributed by atoms with E-state index in [0.717, 1.165) is 18.5 Å². The molecule has 1 amide bonds. The molecule has 0 radical (unpaired) electrons. The summed E-state index contributed by atoms with van der Waals surface area (Å²) in [5.41, 5.74) is 2.60. The number of nitrogens with zero attached hydrogens (tertiary/aromatic N) is 4. The smallest absolute Gasteiger partial charge is 0.256 e. The Kier molecular flexibility index (Phi) is 4.74. The molecule has 0 aliphatic carbocycles. The van der Waals surface area contributed by atoms with Gasteiger partial charge in [0.05, 0.1) is 6.20 Å². The van der Waals surface area contributed by atoms with Crippen LogP contribution in [0.5, 0.6) is 0 Å². The summed E-state index contributed by atoms with van der Waals surface area (Å²) in [6, 6.07) is 12.9. The van der Waals surface area contributed by atoms with E-state index in [-0.39, 0.29) is 5.91 Å². The lowest BCUT2D eigenvalue weighted by Gasteiger charge is -2.04. The van der Waals surface area contributed by atoms with Gasteiger partial charge in [0.15, 0.2) is 18.0 Å². The monoisotopic (exact) mass is 359 g/mol. The molecule has 0 aliphatic rings. The molecule has 4 rings (SSSR count). The van der Waals surface area contributed by atoms with Crippen LogP contribution >= 0.6 is 0 Å². The van der Waals surface area contributed by atoms with Crippen LogP contribution in [0.15, 0.2) is 78.1 Å². The molecule has 7 heteroatoms. The molecule has 0 bridgehead atoms. The summed E-state index contributed by atoms with van der Waals surface area (Å²) in [4.78, 5) is 20.3. The Morgan fingerprint density at radius 3 is 2.59 bits per heavy atom. The summed E-state index contributed by atoms with van der Waals surface area (Å²) in [5.74, 6) is 0.974. The van der Waals surface area contributed by atoms with E-state index < -0.39 is 0 Å². The third kappa shape index (κ3) is 4.09. The summed E-state index contributed by atoms with van der Waals surface area (Å²) in [5, 5.41) is 7.21. The van der Waals surface area contributed by atoms with Crippen molar-refractivity contribution in [2.24, 2.45) is 0 Å². The topological polar surface area (TPSA) is 85.8 Å². The van der Waals surface area contributed by atoms with E-state index in [0.29, 0.717) is 17.1 Å². The molecule has 0 saturated carbocycles. The number of amides is 1. The first-order valence-electron chi connectivity index (χ1n) is 8.50. The quantitative estimate of drug-likeness (QED) is 0.570. The number of hydrogen-bond donors (Lipinski definition) is 1. The molecule has 0 saturated heterocycles. The zero-order valence-corrected chi connectivity index (χ0v) is 14.4. The first kappa shape index (κ1) is 16.7. The van der Waals surface area contributed by atoms with Crippen molar-refractivity contribution in [3.8, 4) is 11.3 Å². The van der Waals surface area contributed by atoms with Gasteiger partial charge >= 0.3 is 0 Å². The van der Waals surface area contributed by atoms with Crippen LogP contribution in [0.1, 0.15) is 15.9 Å². The van der Waals surface area contributed by atoms with Gasteiger partial charge in [0.1, 0.15) is 0 Å². The minimum Gasteiger partial charge on any atom is -0.444 e. The fourth-order valence-electron chi connectivity index (χ4n) is 2.68. The molecular formula is C20H17N5O2. The average Bonchev–Trinajstić information content (AvgIpc) is 3.40. The highest BCUT2D eigenvalue weighted by Crippen LogP contribution is 2.19. The lowest BCUT2D eigenvalue weighted by Crippen LogP contribution is -2.12. The Balaban J connectivity index is 1.36. The van der Waals surface area contributed by atoms with Gasteiger partial charge in [-0.1, -0.05) is 12.1 Å². The van der Waals surface area contributed by atoms with Gasteiger partial charge in [-0.05, 0) is 36.2 Å². The molecule has 0 aliphatic heterocycles. The number of aromatic nitrogens is 4.